The van der Waals surface area contributed by atoms with Crippen molar-refractivity contribution in [3.05, 3.63) is 59.7 Å². The van der Waals surface area contributed by atoms with Crippen LogP contribution in [0.3, 0.4) is 0 Å². The maximum Gasteiger partial charge on any atom is 0.259 e. The molecule has 0 spiro atoms. The monoisotopic (exact) mass is 283 g/mol. The number of ether oxygens (including phenoxy) is 1. The van der Waals surface area contributed by atoms with Gasteiger partial charge in [0.05, 0.1) is 12.2 Å². The molecule has 4 nitrogen and oxygen atoms in total. The van der Waals surface area contributed by atoms with E-state index in [-0.39, 0.29) is 11.7 Å². The highest BCUT2D eigenvalue weighted by atomic mass is 16.5. The van der Waals surface area contributed by atoms with E-state index in [2.05, 4.69) is 5.32 Å². The number of carbonyl (C=O) groups is 2. The molecule has 0 fully saturated rings. The van der Waals surface area contributed by atoms with Gasteiger partial charge in [-0.1, -0.05) is 24.3 Å². The average molecular weight is 283 g/mol. The molecule has 1 amide bonds. The molecule has 0 saturated carbocycles. The van der Waals surface area contributed by atoms with Gasteiger partial charge in [-0.2, -0.15) is 0 Å². The number of nitrogens with one attached hydrogen (secondary N) is 1. The SMILES string of the molecule is CCOc1ccccc1C(=O)Nc1cccc(C(C)=O)c1. The number of hydrogen-bond acceptors (Lipinski definition) is 3. The van der Waals surface area contributed by atoms with Crippen LogP contribution in [0.25, 0.3) is 0 Å². The Bertz CT molecular complexity index is 665. The zero-order valence-electron chi connectivity index (χ0n) is 12.1. The second kappa shape index (κ2) is 6.70. The largest absolute Gasteiger partial charge is 0.493 e. The van der Waals surface area contributed by atoms with E-state index in [1.54, 1.807) is 42.5 Å². The summed E-state index contributed by atoms with van der Waals surface area (Å²) in [7, 11) is 0. The van der Waals surface area contributed by atoms with E-state index < -0.39 is 0 Å². The molecule has 0 saturated heterocycles. The van der Waals surface area contributed by atoms with Crippen molar-refractivity contribution < 1.29 is 14.3 Å². The van der Waals surface area contributed by atoms with Gasteiger partial charge in [0, 0.05) is 11.3 Å². The zero-order chi connectivity index (χ0) is 15.2. The predicted molar refractivity (Wildman–Crippen MR) is 82.0 cm³/mol. The highest BCUT2D eigenvalue weighted by molar-refractivity contribution is 6.06. The molecule has 1 N–H and O–H groups in total. The van der Waals surface area contributed by atoms with E-state index in [1.807, 2.05) is 13.0 Å². The normalized spacial score (nSPS) is 10.0. The molecular weight excluding hydrogens is 266 g/mol. The van der Waals surface area contributed by atoms with E-state index in [9.17, 15) is 9.59 Å². The summed E-state index contributed by atoms with van der Waals surface area (Å²) >= 11 is 0. The standard InChI is InChI=1S/C17H17NO3/c1-3-21-16-10-5-4-9-15(16)17(20)18-14-8-6-7-13(11-14)12(2)19/h4-11H,3H2,1-2H3,(H,18,20). The Kier molecular flexibility index (Phi) is 4.72. The van der Waals surface area contributed by atoms with Crippen LogP contribution in [0, 0.1) is 0 Å². The van der Waals surface area contributed by atoms with Crippen LogP contribution in [-0.4, -0.2) is 18.3 Å². The molecular formula is C17H17NO3. The van der Waals surface area contributed by atoms with Gasteiger partial charge in [0.25, 0.3) is 5.91 Å². The van der Waals surface area contributed by atoms with E-state index in [0.29, 0.717) is 29.2 Å². The number of carbonyl (C=O) groups excluding carboxylic acids is 2. The molecule has 0 aromatic heterocycles. The first-order valence-corrected chi connectivity index (χ1v) is 6.76. The van der Waals surface area contributed by atoms with Crippen LogP contribution in [-0.2, 0) is 0 Å². The fraction of sp³-hybridized carbons (Fsp3) is 0.176. The predicted octanol–water partition coefficient (Wildman–Crippen LogP) is 3.54. The summed E-state index contributed by atoms with van der Waals surface area (Å²) < 4.78 is 5.44. The number of Topliss-reactive ketones (excluding diaryl/α,β-unsaturated/α-hetero) is 1. The molecule has 108 valence electrons. The van der Waals surface area contributed by atoms with Crippen LogP contribution in [0.2, 0.25) is 0 Å². The highest BCUT2D eigenvalue weighted by Crippen LogP contribution is 2.20. The summed E-state index contributed by atoms with van der Waals surface area (Å²) in [6, 6.07) is 13.9. The lowest BCUT2D eigenvalue weighted by molar-refractivity contribution is 0.100. The molecule has 0 aliphatic heterocycles. The van der Waals surface area contributed by atoms with Crippen molar-refractivity contribution in [1.82, 2.24) is 0 Å². The molecule has 0 heterocycles. The van der Waals surface area contributed by atoms with Crippen LogP contribution in [0.15, 0.2) is 48.5 Å². The van der Waals surface area contributed by atoms with Gasteiger partial charge in [0.2, 0.25) is 0 Å². The Morgan fingerprint density at radius 3 is 2.57 bits per heavy atom. The number of ketones is 1. The molecule has 21 heavy (non-hydrogen) atoms. The van der Waals surface area contributed by atoms with Crippen LogP contribution in [0.1, 0.15) is 34.6 Å². The van der Waals surface area contributed by atoms with Gasteiger partial charge in [-0.05, 0) is 38.1 Å². The minimum Gasteiger partial charge on any atom is -0.493 e. The first-order valence-electron chi connectivity index (χ1n) is 6.76. The number of rotatable bonds is 5. The fourth-order valence-electron chi connectivity index (χ4n) is 1.95. The summed E-state index contributed by atoms with van der Waals surface area (Å²) in [5, 5.41) is 2.78. The second-order valence-corrected chi connectivity index (χ2v) is 4.52. The Hall–Kier alpha value is -2.62. The van der Waals surface area contributed by atoms with Gasteiger partial charge < -0.3 is 10.1 Å². The van der Waals surface area contributed by atoms with Gasteiger partial charge in [-0.15, -0.1) is 0 Å². The van der Waals surface area contributed by atoms with Gasteiger partial charge in [0.15, 0.2) is 5.78 Å². The number of para-hydroxylation sites is 1. The Balaban J connectivity index is 2.22. The van der Waals surface area contributed by atoms with Crippen molar-refractivity contribution in [2.75, 3.05) is 11.9 Å². The molecule has 0 atom stereocenters. The minimum atomic E-state index is -0.264. The Morgan fingerprint density at radius 2 is 1.86 bits per heavy atom. The molecule has 0 aliphatic carbocycles. The molecule has 2 aromatic carbocycles. The quantitative estimate of drug-likeness (QED) is 0.854. The topological polar surface area (TPSA) is 55.4 Å². The molecule has 0 bridgehead atoms. The lowest BCUT2D eigenvalue weighted by Gasteiger charge is -2.10. The molecule has 4 heteroatoms. The van der Waals surface area contributed by atoms with Gasteiger partial charge in [-0.25, -0.2) is 0 Å². The first-order chi connectivity index (χ1) is 10.1. The van der Waals surface area contributed by atoms with Crippen LogP contribution in [0.5, 0.6) is 5.75 Å². The summed E-state index contributed by atoms with van der Waals surface area (Å²) in [5.74, 6) is 0.237. The van der Waals surface area contributed by atoms with Crippen molar-refractivity contribution in [2.24, 2.45) is 0 Å². The molecule has 0 aliphatic rings. The van der Waals surface area contributed by atoms with Crippen LogP contribution >= 0.6 is 0 Å². The minimum absolute atomic E-state index is 0.0409. The number of benzene rings is 2. The third kappa shape index (κ3) is 3.69. The number of hydrogen-bond donors (Lipinski definition) is 1. The van der Waals surface area contributed by atoms with E-state index in [4.69, 9.17) is 4.74 Å². The van der Waals surface area contributed by atoms with Crippen molar-refractivity contribution in [2.45, 2.75) is 13.8 Å². The lowest BCUT2D eigenvalue weighted by atomic mass is 10.1. The van der Waals surface area contributed by atoms with Gasteiger partial charge >= 0.3 is 0 Å². The van der Waals surface area contributed by atoms with Crippen LogP contribution in [0.4, 0.5) is 5.69 Å². The van der Waals surface area contributed by atoms with Crippen molar-refractivity contribution in [3.8, 4) is 5.75 Å². The third-order valence-corrected chi connectivity index (χ3v) is 2.96. The van der Waals surface area contributed by atoms with Crippen molar-refractivity contribution in [3.63, 3.8) is 0 Å². The van der Waals surface area contributed by atoms with Gasteiger partial charge in [-0.3, -0.25) is 9.59 Å². The van der Waals surface area contributed by atoms with E-state index in [1.165, 1.54) is 6.92 Å². The van der Waals surface area contributed by atoms with Crippen molar-refractivity contribution >= 4 is 17.4 Å². The highest BCUT2D eigenvalue weighted by Gasteiger charge is 2.12. The number of amides is 1. The molecule has 0 unspecified atom stereocenters. The number of anilines is 1. The molecule has 2 rings (SSSR count). The van der Waals surface area contributed by atoms with Crippen molar-refractivity contribution in [1.29, 1.82) is 0 Å². The lowest BCUT2D eigenvalue weighted by Crippen LogP contribution is -2.14. The Labute approximate surface area is 123 Å². The maximum atomic E-state index is 12.3. The first kappa shape index (κ1) is 14.8. The van der Waals surface area contributed by atoms with E-state index in [0.717, 1.165) is 0 Å². The fourth-order valence-corrected chi connectivity index (χ4v) is 1.95. The molecule has 2 aromatic rings. The van der Waals surface area contributed by atoms with E-state index >= 15 is 0 Å². The second-order valence-electron chi connectivity index (χ2n) is 4.52. The average Bonchev–Trinajstić information content (AvgIpc) is 2.48. The molecule has 0 radical (unpaired) electrons. The summed E-state index contributed by atoms with van der Waals surface area (Å²) in [6.07, 6.45) is 0. The Morgan fingerprint density at radius 1 is 1.10 bits per heavy atom. The maximum absolute atomic E-state index is 12.3. The third-order valence-electron chi connectivity index (χ3n) is 2.96. The summed E-state index contributed by atoms with van der Waals surface area (Å²) in [6.45, 7) is 3.85. The van der Waals surface area contributed by atoms with Crippen LogP contribution < -0.4 is 10.1 Å². The van der Waals surface area contributed by atoms with Gasteiger partial charge in [0.1, 0.15) is 5.75 Å². The smallest absolute Gasteiger partial charge is 0.259 e. The summed E-state index contributed by atoms with van der Waals surface area (Å²) in [5.41, 5.74) is 1.61. The zero-order valence-corrected chi connectivity index (χ0v) is 12.1. The summed E-state index contributed by atoms with van der Waals surface area (Å²) in [4.78, 5) is 23.7.